The summed E-state index contributed by atoms with van der Waals surface area (Å²) in [7, 11) is 6.45. The third-order valence-corrected chi connectivity index (χ3v) is 9.66. The van der Waals surface area contributed by atoms with Crippen LogP contribution >= 0.6 is 0 Å². The highest BCUT2D eigenvalue weighted by atomic mass is 16.1. The Morgan fingerprint density at radius 3 is 1.45 bits per heavy atom. The molecule has 0 spiro atoms. The summed E-state index contributed by atoms with van der Waals surface area (Å²) in [6.07, 6.45) is 10.7. The van der Waals surface area contributed by atoms with Crippen LogP contribution in [0.5, 0.6) is 0 Å². The van der Waals surface area contributed by atoms with Gasteiger partial charge in [0.25, 0.3) is 0 Å². The zero-order valence-corrected chi connectivity index (χ0v) is 23.7. The van der Waals surface area contributed by atoms with Gasteiger partial charge >= 0.3 is 0 Å². The third-order valence-electron chi connectivity index (χ3n) is 9.66. The van der Waals surface area contributed by atoms with Crippen molar-refractivity contribution < 1.29 is 4.79 Å². The Bertz CT molecular complexity index is 1350. The average molecular weight is 506 g/mol. The van der Waals surface area contributed by atoms with Gasteiger partial charge in [0.1, 0.15) is 0 Å². The van der Waals surface area contributed by atoms with E-state index in [1.165, 1.54) is 33.9 Å². The fourth-order valence-electron chi connectivity index (χ4n) is 7.47. The topological polar surface area (TPSA) is 26.8 Å². The quantitative estimate of drug-likeness (QED) is 0.435. The van der Waals surface area contributed by atoms with Crippen molar-refractivity contribution in [3.8, 4) is 0 Å². The molecule has 4 heteroatoms. The van der Waals surface area contributed by atoms with Crippen LogP contribution in [0, 0.1) is 0 Å². The number of Topliss-reactive ketones (excluding diaryl/α,β-unsaturated/α-hetero) is 1. The first kappa shape index (κ1) is 24.9. The number of carbonyl (C=O) groups excluding carboxylic acids is 1. The molecule has 0 radical (unpaired) electrons. The van der Waals surface area contributed by atoms with E-state index in [0.717, 1.165) is 24.0 Å². The minimum absolute atomic E-state index is 0.110. The zero-order chi connectivity index (χ0) is 27.0. The SMILES string of the molecule is CN1C(=CC=C2C(=O)C(=CC=C3N(C)c4ccccc4C3(C)C)C3CCC2N3C)C(C)(C)c2ccccc21. The fourth-order valence-corrected chi connectivity index (χ4v) is 7.47. The number of fused-ring (bicyclic) bond motifs is 4. The summed E-state index contributed by atoms with van der Waals surface area (Å²) in [6, 6.07) is 17.6. The standard InChI is InChI=1S/C34H39N3O/c1-33(2)24-12-8-10-14-28(24)36(6)30(33)20-16-22-26-18-19-27(35(26)5)23(32(22)38)17-21-31-34(3,4)25-13-9-11-15-29(25)37(31)7/h8-17,20-21,26-27H,18-19H2,1-7H3. The maximum absolute atomic E-state index is 14.0. The lowest BCUT2D eigenvalue weighted by Gasteiger charge is -2.34. The number of hydrogen-bond donors (Lipinski definition) is 0. The molecular weight excluding hydrogens is 466 g/mol. The summed E-state index contributed by atoms with van der Waals surface area (Å²) in [4.78, 5) is 21.0. The van der Waals surface area contributed by atoms with Crippen molar-refractivity contribution in [1.29, 1.82) is 0 Å². The highest BCUT2D eigenvalue weighted by Gasteiger charge is 2.45. The summed E-state index contributed by atoms with van der Waals surface area (Å²) >= 11 is 0. The predicted octanol–water partition coefficient (Wildman–Crippen LogP) is 6.51. The molecule has 2 saturated heterocycles. The van der Waals surface area contributed by atoms with Gasteiger partial charge in [0.05, 0.1) is 0 Å². The van der Waals surface area contributed by atoms with Crippen LogP contribution < -0.4 is 9.80 Å². The molecule has 196 valence electrons. The Morgan fingerprint density at radius 1 is 0.658 bits per heavy atom. The zero-order valence-electron chi connectivity index (χ0n) is 23.7. The summed E-state index contributed by atoms with van der Waals surface area (Å²) in [6.45, 7) is 9.09. The molecule has 6 rings (SSSR count). The normalized spacial score (nSPS) is 29.7. The molecule has 4 heterocycles. The van der Waals surface area contributed by atoms with Gasteiger partial charge in [-0.3, -0.25) is 9.69 Å². The van der Waals surface area contributed by atoms with Gasteiger partial charge in [0.15, 0.2) is 5.78 Å². The molecule has 0 N–H and O–H groups in total. The molecule has 2 bridgehead atoms. The molecule has 4 aliphatic heterocycles. The Hall–Kier alpha value is -3.37. The van der Waals surface area contributed by atoms with Crippen molar-refractivity contribution in [2.45, 2.75) is 63.5 Å². The minimum Gasteiger partial charge on any atom is -0.347 e. The van der Waals surface area contributed by atoms with Gasteiger partial charge < -0.3 is 9.80 Å². The summed E-state index contributed by atoms with van der Waals surface area (Å²) in [5, 5.41) is 0. The molecule has 4 nitrogen and oxygen atoms in total. The number of benzene rings is 2. The van der Waals surface area contributed by atoms with Crippen molar-refractivity contribution in [2.24, 2.45) is 0 Å². The van der Waals surface area contributed by atoms with E-state index < -0.39 is 0 Å². The molecule has 0 amide bonds. The Labute approximate surface area is 227 Å². The summed E-state index contributed by atoms with van der Waals surface area (Å²) in [5.74, 6) is 0.205. The van der Waals surface area contributed by atoms with Crippen molar-refractivity contribution in [3.05, 3.63) is 107 Å². The van der Waals surface area contributed by atoms with Crippen LogP contribution in [0.3, 0.4) is 0 Å². The number of carbonyl (C=O) groups is 1. The predicted molar refractivity (Wildman–Crippen MR) is 158 cm³/mol. The van der Waals surface area contributed by atoms with Gasteiger partial charge in [-0.25, -0.2) is 0 Å². The van der Waals surface area contributed by atoms with E-state index in [1.807, 2.05) is 0 Å². The molecule has 2 aromatic rings. The lowest BCUT2D eigenvalue weighted by molar-refractivity contribution is -0.114. The molecular formula is C34H39N3O. The number of anilines is 2. The number of nitrogens with zero attached hydrogens (tertiary/aromatic N) is 3. The number of allylic oxidation sites excluding steroid dienone is 6. The van der Waals surface area contributed by atoms with E-state index in [2.05, 4.69) is 136 Å². The van der Waals surface area contributed by atoms with Crippen LogP contribution in [0.4, 0.5) is 11.4 Å². The molecule has 2 atom stereocenters. The van der Waals surface area contributed by atoms with E-state index in [1.54, 1.807) is 0 Å². The van der Waals surface area contributed by atoms with Gasteiger partial charge in [-0.05, 0) is 55.3 Å². The first-order chi connectivity index (χ1) is 18.0. The molecule has 0 saturated carbocycles. The molecule has 2 aromatic carbocycles. The van der Waals surface area contributed by atoms with Gasteiger partial charge in [0, 0.05) is 70.9 Å². The van der Waals surface area contributed by atoms with Gasteiger partial charge in [0.2, 0.25) is 0 Å². The van der Waals surface area contributed by atoms with Crippen molar-refractivity contribution in [3.63, 3.8) is 0 Å². The highest BCUT2D eigenvalue weighted by Crippen LogP contribution is 2.48. The number of ketones is 1. The Morgan fingerprint density at radius 2 is 1.05 bits per heavy atom. The van der Waals surface area contributed by atoms with Crippen molar-refractivity contribution in [1.82, 2.24) is 4.90 Å². The van der Waals surface area contributed by atoms with Crippen LogP contribution in [-0.2, 0) is 15.6 Å². The molecule has 2 fully saturated rings. The second-order valence-corrected chi connectivity index (χ2v) is 12.4. The monoisotopic (exact) mass is 505 g/mol. The van der Waals surface area contributed by atoms with Gasteiger partial charge in [-0.15, -0.1) is 0 Å². The third kappa shape index (κ3) is 3.42. The first-order valence-corrected chi connectivity index (χ1v) is 13.8. The van der Waals surface area contributed by atoms with E-state index in [9.17, 15) is 4.79 Å². The second-order valence-electron chi connectivity index (χ2n) is 12.4. The van der Waals surface area contributed by atoms with E-state index in [-0.39, 0.29) is 28.7 Å². The maximum atomic E-state index is 14.0. The number of likely N-dealkylation sites (N-methyl/N-ethyl adjacent to an activating group) is 3. The molecule has 0 aliphatic carbocycles. The lowest BCUT2D eigenvalue weighted by atomic mass is 9.83. The van der Waals surface area contributed by atoms with Gasteiger partial charge in [-0.2, -0.15) is 0 Å². The highest BCUT2D eigenvalue weighted by molar-refractivity contribution is 6.11. The van der Waals surface area contributed by atoms with Gasteiger partial charge in [-0.1, -0.05) is 76.2 Å². The number of para-hydroxylation sites is 2. The number of hydrogen-bond acceptors (Lipinski definition) is 4. The second kappa shape index (κ2) is 8.57. The molecule has 2 unspecified atom stereocenters. The largest absolute Gasteiger partial charge is 0.347 e. The van der Waals surface area contributed by atoms with Crippen LogP contribution in [0.25, 0.3) is 0 Å². The van der Waals surface area contributed by atoms with E-state index >= 15 is 0 Å². The average Bonchev–Trinajstić information content (AvgIpc) is 3.38. The Balaban J connectivity index is 1.38. The smallest absolute Gasteiger partial charge is 0.188 e. The van der Waals surface area contributed by atoms with E-state index in [4.69, 9.17) is 0 Å². The number of rotatable bonds is 2. The summed E-state index contributed by atoms with van der Waals surface area (Å²) in [5.41, 5.74) is 9.21. The molecule has 38 heavy (non-hydrogen) atoms. The van der Waals surface area contributed by atoms with Crippen LogP contribution in [0.15, 0.2) is 95.4 Å². The fraction of sp³-hybridized carbons (Fsp3) is 0.382. The minimum atomic E-state index is -0.110. The Kier molecular flexibility index (Phi) is 5.63. The van der Waals surface area contributed by atoms with Crippen LogP contribution in [0.2, 0.25) is 0 Å². The van der Waals surface area contributed by atoms with Crippen molar-refractivity contribution in [2.75, 3.05) is 30.9 Å². The summed E-state index contributed by atoms with van der Waals surface area (Å²) < 4.78 is 0. The lowest BCUT2D eigenvalue weighted by Crippen LogP contribution is -2.44. The number of piperidine rings is 1. The molecule has 4 aliphatic rings. The molecule has 0 aromatic heterocycles. The van der Waals surface area contributed by atoms with Crippen LogP contribution in [0.1, 0.15) is 51.7 Å². The van der Waals surface area contributed by atoms with E-state index in [0.29, 0.717) is 0 Å². The van der Waals surface area contributed by atoms with Crippen LogP contribution in [-0.4, -0.2) is 43.9 Å². The first-order valence-electron chi connectivity index (χ1n) is 13.8. The van der Waals surface area contributed by atoms with Crippen molar-refractivity contribution >= 4 is 17.2 Å². The maximum Gasteiger partial charge on any atom is 0.188 e.